The Kier molecular flexibility index (Phi) is 19.3. The van der Waals surface area contributed by atoms with E-state index >= 15 is 0 Å². The van der Waals surface area contributed by atoms with Gasteiger partial charge in [-0.25, -0.2) is 0 Å². The fourth-order valence-electron chi connectivity index (χ4n) is 21.4. The minimum Gasteiger partial charge on any atom is -0.399 e. The molecule has 27 rings (SSSR count). The lowest BCUT2D eigenvalue weighted by molar-refractivity contribution is 0.00578. The third-order valence-corrected chi connectivity index (χ3v) is 28.7. The average Bonchev–Trinajstić information content (AvgIpc) is 1.59. The van der Waals surface area contributed by atoms with Crippen LogP contribution in [0.5, 0.6) is 0 Å². The molecule has 624 valence electrons. The van der Waals surface area contributed by atoms with Crippen LogP contribution < -0.4 is 5.46 Å². The van der Waals surface area contributed by atoms with Crippen molar-refractivity contribution in [2.75, 3.05) is 0 Å². The van der Waals surface area contributed by atoms with Crippen LogP contribution in [0.4, 0.5) is 0 Å². The molecule has 0 N–H and O–H groups in total. The van der Waals surface area contributed by atoms with Gasteiger partial charge in [0.05, 0.1) is 60.8 Å². The van der Waals surface area contributed by atoms with Crippen LogP contribution in [0.3, 0.4) is 0 Å². The van der Waals surface area contributed by atoms with E-state index in [1.807, 2.05) is 6.07 Å². The molecule has 0 unspecified atom stereocenters. The highest BCUT2D eigenvalue weighted by molar-refractivity contribution is 9.10. The topological polar surface area (TPSA) is 38.2 Å². The van der Waals surface area contributed by atoms with Crippen molar-refractivity contribution in [3.63, 3.8) is 0 Å². The van der Waals surface area contributed by atoms with Crippen molar-refractivity contribution in [3.8, 4) is 78.4 Å². The second-order valence-electron chi connectivity index (χ2n) is 36.1. The van der Waals surface area contributed by atoms with E-state index < -0.39 is 5.41 Å². The summed E-state index contributed by atoms with van der Waals surface area (Å²) in [4.78, 5) is 0. The van der Waals surface area contributed by atoms with Gasteiger partial charge in [0.2, 0.25) is 0 Å². The lowest BCUT2D eigenvalue weighted by Gasteiger charge is -2.34. The Hall–Kier alpha value is -15.2. The molecule has 0 bridgehead atoms. The predicted molar refractivity (Wildman–Crippen MR) is 551 cm³/mol. The SMILES string of the molecule is Brc1ccc2c(c1)-c1ccccc1C2.CC1(C)OB(c2ccc3c(c2)c2ccccc2n3-c2ccccc2)OC1(C)C.c1ccc(-n2c3ccccc3c3cc(-c4ccc5c(c4)-c4ccccc4C5)ccc32)cc1.c1ccc(-n2c3ccccc3c3cc(-c4ccc5c(c4)c4ccccc4n5-c4cccc(C5(c6ccccc6)c6ccccc6-c6ccccc65)c4)ccc32)cc1. The quantitative estimate of drug-likeness (QED) is 0.135. The van der Waals surface area contributed by atoms with Crippen LogP contribution >= 0.6 is 15.9 Å². The third-order valence-electron chi connectivity index (χ3n) is 28.2. The standard InChI is InChI=1S/C55H36N2.C31H21N.C24H24BNO2.C13H9Br/c1-3-16-39(17-4-1)55(49-26-11-7-22-43(49)44-23-8-12-27-50(44)55)40-18-15-21-42(36-40)57-52-29-14-10-25-46(52)48-35-38(31-33-54(48)57)37-30-32-53-47(34-37)45-24-9-13-28-51(45)56(53)41-19-5-2-6-20-41;1-2-9-25(10-3-1)32-30-13-7-6-12-27(30)29-20-22(16-17-31(29)32)21-14-15-24-18-23-8-4-5-11-26(23)28(24)19-21;1-23(2)24(3,4)28-25(27-23)17-14-15-22-20(16-17)19-12-8-9-13-21(19)26(22)18-10-6-5-7-11-18;14-11-6-5-10-7-9-3-1-2-4-12(9)13(10)8-11/h1-36H;1-17,19-20H,18H2;5-16H,1-4H3;1-6,8H,7H2. The highest BCUT2D eigenvalue weighted by Crippen LogP contribution is 2.57. The molecule has 5 heterocycles. The van der Waals surface area contributed by atoms with Gasteiger partial charge in [-0.05, 0) is 280 Å². The normalized spacial score (nSPS) is 13.9. The lowest BCUT2D eigenvalue weighted by Crippen LogP contribution is -2.41. The number of fused-ring (bicyclic) bond motifs is 21. The highest BCUT2D eigenvalue weighted by atomic mass is 79.9. The number of para-hydroxylation sites is 7. The number of rotatable bonds is 9. The maximum Gasteiger partial charge on any atom is 0.494 e. The van der Waals surface area contributed by atoms with Crippen molar-refractivity contribution >= 4 is 116 Å². The van der Waals surface area contributed by atoms with Gasteiger partial charge in [0.15, 0.2) is 0 Å². The van der Waals surface area contributed by atoms with E-state index in [1.54, 1.807) is 0 Å². The molecule has 1 saturated heterocycles. The van der Waals surface area contributed by atoms with Crippen LogP contribution in [0.1, 0.15) is 72.2 Å². The summed E-state index contributed by atoms with van der Waals surface area (Å²) in [6.45, 7) is 8.36. The molecule has 19 aromatic carbocycles. The molecule has 8 heteroatoms. The largest absolute Gasteiger partial charge is 0.494 e. The van der Waals surface area contributed by atoms with Crippen LogP contribution in [-0.4, -0.2) is 36.6 Å². The number of hydrogen-bond donors (Lipinski definition) is 0. The van der Waals surface area contributed by atoms with Gasteiger partial charge in [0.1, 0.15) is 0 Å². The van der Waals surface area contributed by atoms with Crippen LogP contribution in [0.25, 0.3) is 166 Å². The molecule has 0 saturated carbocycles. The summed E-state index contributed by atoms with van der Waals surface area (Å²) >= 11 is 3.52. The molecule has 1 aliphatic heterocycles. The van der Waals surface area contributed by atoms with Crippen molar-refractivity contribution in [1.29, 1.82) is 0 Å². The first-order valence-corrected chi connectivity index (χ1v) is 46.3. The summed E-state index contributed by atoms with van der Waals surface area (Å²) in [7, 11) is -0.353. The summed E-state index contributed by atoms with van der Waals surface area (Å²) in [6, 6.07) is 163. The Morgan fingerprint density at radius 2 is 0.542 bits per heavy atom. The summed E-state index contributed by atoms with van der Waals surface area (Å²) in [5, 5.41) is 10.0. The molecular formula is C123H90BBrN4O2. The summed E-state index contributed by atoms with van der Waals surface area (Å²) in [5.41, 5.74) is 38.3. The molecule has 4 aliphatic rings. The number of hydrogen-bond acceptors (Lipinski definition) is 2. The van der Waals surface area contributed by atoms with Crippen molar-refractivity contribution in [1.82, 2.24) is 18.3 Å². The molecular weight excluding hydrogens is 1660 g/mol. The van der Waals surface area contributed by atoms with Gasteiger partial charge in [-0.3, -0.25) is 0 Å². The average molecular weight is 1750 g/mol. The minimum absolute atomic E-state index is 0.343. The zero-order valence-electron chi connectivity index (χ0n) is 73.2. The van der Waals surface area contributed by atoms with Crippen molar-refractivity contribution in [3.05, 3.63) is 498 Å². The van der Waals surface area contributed by atoms with Crippen molar-refractivity contribution in [2.24, 2.45) is 0 Å². The number of nitrogens with zero attached hydrogens (tertiary/aromatic N) is 4. The lowest BCUT2D eigenvalue weighted by atomic mass is 9.67. The van der Waals surface area contributed by atoms with Gasteiger partial charge >= 0.3 is 7.12 Å². The number of aromatic nitrogens is 4. The zero-order valence-corrected chi connectivity index (χ0v) is 74.8. The first-order valence-electron chi connectivity index (χ1n) is 45.5. The van der Waals surface area contributed by atoms with E-state index in [2.05, 4.69) is 505 Å². The Labute approximate surface area is 771 Å². The molecule has 3 aliphatic carbocycles. The molecule has 0 amide bonds. The maximum atomic E-state index is 6.27. The molecule has 0 spiro atoms. The minimum atomic E-state index is -0.460. The fraction of sp³-hybridized carbons (Fsp3) is 0.0732. The van der Waals surface area contributed by atoms with E-state index in [4.69, 9.17) is 9.31 Å². The molecule has 23 aromatic rings. The van der Waals surface area contributed by atoms with E-state index in [0.717, 1.165) is 34.2 Å². The van der Waals surface area contributed by atoms with Gasteiger partial charge < -0.3 is 27.6 Å². The Morgan fingerprint density at radius 1 is 0.229 bits per heavy atom. The van der Waals surface area contributed by atoms with Gasteiger partial charge in [-0.15, -0.1) is 0 Å². The van der Waals surface area contributed by atoms with Gasteiger partial charge in [0.25, 0.3) is 0 Å². The molecule has 1 fully saturated rings. The fourth-order valence-corrected chi connectivity index (χ4v) is 21.8. The third kappa shape index (κ3) is 13.3. The number of benzene rings is 19. The molecule has 4 aromatic heterocycles. The Morgan fingerprint density at radius 3 is 0.992 bits per heavy atom. The number of halogens is 1. The second kappa shape index (κ2) is 31.9. The maximum absolute atomic E-state index is 6.27. The first kappa shape index (κ1) is 79.3. The van der Waals surface area contributed by atoms with Gasteiger partial charge in [0, 0.05) is 70.3 Å². The molecule has 0 radical (unpaired) electrons. The molecule has 0 atom stereocenters. The van der Waals surface area contributed by atoms with Gasteiger partial charge in [-0.2, -0.15) is 0 Å². The highest BCUT2D eigenvalue weighted by Gasteiger charge is 2.52. The summed E-state index contributed by atoms with van der Waals surface area (Å²) in [6.07, 6.45) is 2.12. The van der Waals surface area contributed by atoms with E-state index in [-0.39, 0.29) is 18.3 Å². The summed E-state index contributed by atoms with van der Waals surface area (Å²) < 4.78 is 23.2. The monoisotopic (exact) mass is 1740 g/mol. The Balaban J connectivity index is 0.000000108. The molecule has 131 heavy (non-hydrogen) atoms. The van der Waals surface area contributed by atoms with Crippen LogP contribution in [0.15, 0.2) is 453 Å². The van der Waals surface area contributed by atoms with Crippen molar-refractivity contribution in [2.45, 2.75) is 57.2 Å². The van der Waals surface area contributed by atoms with Crippen LogP contribution in [0, 0.1) is 0 Å². The van der Waals surface area contributed by atoms with Gasteiger partial charge in [-0.1, -0.05) is 331 Å². The first-order chi connectivity index (χ1) is 64.4. The van der Waals surface area contributed by atoms with Crippen LogP contribution in [0.2, 0.25) is 0 Å². The molecule has 6 nitrogen and oxygen atoms in total. The smallest absolute Gasteiger partial charge is 0.399 e. The van der Waals surface area contributed by atoms with E-state index in [9.17, 15) is 0 Å². The van der Waals surface area contributed by atoms with Crippen LogP contribution in [-0.2, 0) is 27.6 Å². The zero-order chi connectivity index (χ0) is 87.6. The predicted octanol–water partition coefficient (Wildman–Crippen LogP) is 31.0. The van der Waals surface area contributed by atoms with Crippen molar-refractivity contribution < 1.29 is 9.31 Å². The second-order valence-corrected chi connectivity index (χ2v) is 37.0. The Bertz CT molecular complexity index is 8390. The van der Waals surface area contributed by atoms with E-state index in [0.29, 0.717) is 0 Å². The van der Waals surface area contributed by atoms with E-state index in [1.165, 1.54) is 199 Å². The summed E-state index contributed by atoms with van der Waals surface area (Å²) in [5.74, 6) is 0.